The molecular weight excluding hydrogens is 388 g/mol. The first-order valence-electron chi connectivity index (χ1n) is 8.13. The fraction of sp³-hybridized carbons (Fsp3) is 0.158. The van der Waals surface area contributed by atoms with Crippen LogP contribution in [-0.2, 0) is 0 Å². The zero-order chi connectivity index (χ0) is 19.4. The number of furan rings is 1. The summed E-state index contributed by atoms with van der Waals surface area (Å²) in [6.45, 7) is 2.52. The average molecular weight is 405 g/mol. The van der Waals surface area contributed by atoms with Gasteiger partial charge in [-0.15, -0.1) is 0 Å². The predicted molar refractivity (Wildman–Crippen MR) is 107 cm³/mol. The Morgan fingerprint density at radius 2 is 2.00 bits per heavy atom. The molecule has 3 rings (SSSR count). The van der Waals surface area contributed by atoms with Crippen LogP contribution >= 0.6 is 23.8 Å². The average Bonchev–Trinajstić information content (AvgIpc) is 3.15. The first-order valence-corrected chi connectivity index (χ1v) is 8.92. The second-order valence-electron chi connectivity index (χ2n) is 5.79. The monoisotopic (exact) mass is 404 g/mol. The third-order valence-corrected chi connectivity index (χ3v) is 4.58. The SMILES string of the molecule is Cc1ccc(Cl)c2oc(C(=O)NCCOc3ccc(C(=S)NO)cc3)cc12. The molecule has 1 aromatic heterocycles. The van der Waals surface area contributed by atoms with Crippen LogP contribution in [0.2, 0.25) is 5.02 Å². The van der Waals surface area contributed by atoms with Crippen molar-refractivity contribution in [2.45, 2.75) is 6.92 Å². The lowest BCUT2D eigenvalue weighted by Crippen LogP contribution is -2.27. The van der Waals surface area contributed by atoms with Crippen LogP contribution in [-0.4, -0.2) is 29.3 Å². The number of rotatable bonds is 6. The summed E-state index contributed by atoms with van der Waals surface area (Å²) in [6, 6.07) is 12.2. The number of fused-ring (bicyclic) bond motifs is 1. The summed E-state index contributed by atoms with van der Waals surface area (Å²) >= 11 is 11.0. The number of ether oxygens (including phenoxy) is 1. The summed E-state index contributed by atoms with van der Waals surface area (Å²) in [6.07, 6.45) is 0. The molecule has 0 radical (unpaired) electrons. The number of hydrogen-bond acceptors (Lipinski definition) is 5. The second-order valence-corrected chi connectivity index (χ2v) is 6.60. The lowest BCUT2D eigenvalue weighted by molar-refractivity contribution is 0.0921. The second kappa shape index (κ2) is 8.39. The molecule has 3 aromatic rings. The van der Waals surface area contributed by atoms with Gasteiger partial charge in [0.2, 0.25) is 0 Å². The molecule has 1 amide bonds. The zero-order valence-corrected chi connectivity index (χ0v) is 16.0. The van der Waals surface area contributed by atoms with Gasteiger partial charge in [-0.05, 0) is 48.9 Å². The van der Waals surface area contributed by atoms with E-state index in [0.29, 0.717) is 28.5 Å². The maximum atomic E-state index is 12.3. The van der Waals surface area contributed by atoms with Gasteiger partial charge >= 0.3 is 0 Å². The van der Waals surface area contributed by atoms with Crippen LogP contribution in [0, 0.1) is 6.92 Å². The molecule has 2 aromatic carbocycles. The molecule has 3 N–H and O–H groups in total. The number of aryl methyl sites for hydroxylation is 1. The van der Waals surface area contributed by atoms with Crippen LogP contribution < -0.4 is 15.5 Å². The van der Waals surface area contributed by atoms with Crippen molar-refractivity contribution in [1.29, 1.82) is 0 Å². The van der Waals surface area contributed by atoms with Gasteiger partial charge in [0, 0.05) is 10.9 Å². The highest BCUT2D eigenvalue weighted by Crippen LogP contribution is 2.29. The van der Waals surface area contributed by atoms with Crippen LogP contribution in [0.15, 0.2) is 46.9 Å². The van der Waals surface area contributed by atoms with Gasteiger partial charge in [-0.1, -0.05) is 29.9 Å². The Bertz CT molecular complexity index is 946. The minimum Gasteiger partial charge on any atom is -0.492 e. The van der Waals surface area contributed by atoms with Crippen molar-refractivity contribution >= 4 is 45.7 Å². The lowest BCUT2D eigenvalue weighted by atomic mass is 10.1. The van der Waals surface area contributed by atoms with E-state index in [-0.39, 0.29) is 23.3 Å². The Hall–Kier alpha value is -2.61. The Kier molecular flexibility index (Phi) is 5.95. The Labute approximate surface area is 166 Å². The standard InChI is InChI=1S/C19H17ClN2O4S/c1-11-2-7-15(20)17-14(11)10-16(26-17)18(23)21-8-9-25-13-5-3-12(4-6-13)19(27)22-24/h2-7,10,24H,8-9H2,1H3,(H,21,23)(H,22,27). The highest BCUT2D eigenvalue weighted by atomic mass is 35.5. The molecule has 0 fully saturated rings. The first kappa shape index (κ1) is 19.2. The molecule has 0 aliphatic rings. The van der Waals surface area contributed by atoms with Gasteiger partial charge in [0.1, 0.15) is 17.3 Å². The molecule has 0 bridgehead atoms. The predicted octanol–water partition coefficient (Wildman–Crippen LogP) is 3.86. The maximum absolute atomic E-state index is 12.3. The van der Waals surface area contributed by atoms with Crippen LogP contribution in [0.5, 0.6) is 5.75 Å². The van der Waals surface area contributed by atoms with Crippen molar-refractivity contribution < 1.29 is 19.2 Å². The van der Waals surface area contributed by atoms with Crippen LogP contribution in [0.4, 0.5) is 0 Å². The Morgan fingerprint density at radius 1 is 1.26 bits per heavy atom. The Morgan fingerprint density at radius 3 is 2.67 bits per heavy atom. The number of halogens is 1. The Balaban J connectivity index is 1.53. The van der Waals surface area contributed by atoms with Crippen molar-refractivity contribution in [2.24, 2.45) is 0 Å². The first-order chi connectivity index (χ1) is 13.0. The quantitative estimate of drug-likeness (QED) is 0.329. The van der Waals surface area contributed by atoms with E-state index in [9.17, 15) is 4.79 Å². The molecule has 6 nitrogen and oxygen atoms in total. The fourth-order valence-electron chi connectivity index (χ4n) is 2.52. The topological polar surface area (TPSA) is 83.7 Å². The van der Waals surface area contributed by atoms with E-state index in [0.717, 1.165) is 10.9 Å². The van der Waals surface area contributed by atoms with E-state index in [1.807, 2.05) is 18.5 Å². The normalized spacial score (nSPS) is 10.6. The van der Waals surface area contributed by atoms with E-state index >= 15 is 0 Å². The van der Waals surface area contributed by atoms with Gasteiger partial charge in [-0.2, -0.15) is 0 Å². The third-order valence-electron chi connectivity index (χ3n) is 3.95. The van der Waals surface area contributed by atoms with Crippen LogP contribution in [0.25, 0.3) is 11.0 Å². The van der Waals surface area contributed by atoms with E-state index in [1.54, 1.807) is 36.4 Å². The van der Waals surface area contributed by atoms with Crippen molar-refractivity contribution in [3.8, 4) is 5.75 Å². The molecule has 140 valence electrons. The summed E-state index contributed by atoms with van der Waals surface area (Å²) in [5.41, 5.74) is 4.09. The van der Waals surface area contributed by atoms with E-state index in [1.165, 1.54) is 0 Å². The van der Waals surface area contributed by atoms with Crippen LogP contribution in [0.1, 0.15) is 21.7 Å². The summed E-state index contributed by atoms with van der Waals surface area (Å²) < 4.78 is 11.1. The molecule has 1 heterocycles. The largest absolute Gasteiger partial charge is 0.492 e. The molecule has 0 saturated heterocycles. The molecule has 27 heavy (non-hydrogen) atoms. The van der Waals surface area contributed by atoms with Gasteiger partial charge in [0.05, 0.1) is 11.6 Å². The fourth-order valence-corrected chi connectivity index (χ4v) is 2.86. The molecule has 0 spiro atoms. The van der Waals surface area contributed by atoms with E-state index in [2.05, 4.69) is 5.32 Å². The highest BCUT2D eigenvalue weighted by molar-refractivity contribution is 7.80. The van der Waals surface area contributed by atoms with Gasteiger partial charge in [0.25, 0.3) is 5.91 Å². The number of nitrogens with one attached hydrogen (secondary N) is 2. The minimum absolute atomic E-state index is 0.204. The molecule has 0 aliphatic carbocycles. The third kappa shape index (κ3) is 4.39. The molecule has 8 heteroatoms. The van der Waals surface area contributed by atoms with Gasteiger partial charge in [0.15, 0.2) is 11.3 Å². The number of carbonyl (C=O) groups is 1. The highest BCUT2D eigenvalue weighted by Gasteiger charge is 2.15. The zero-order valence-electron chi connectivity index (χ0n) is 14.4. The van der Waals surface area contributed by atoms with Gasteiger partial charge in [-0.3, -0.25) is 15.5 Å². The van der Waals surface area contributed by atoms with Crippen molar-refractivity contribution in [1.82, 2.24) is 10.8 Å². The number of thiocarbonyl (C=S) groups is 1. The van der Waals surface area contributed by atoms with Gasteiger partial charge < -0.3 is 14.5 Å². The maximum Gasteiger partial charge on any atom is 0.287 e. The molecular formula is C19H17ClN2O4S. The van der Waals surface area contributed by atoms with Crippen molar-refractivity contribution in [3.05, 3.63) is 64.4 Å². The number of benzene rings is 2. The van der Waals surface area contributed by atoms with E-state index < -0.39 is 0 Å². The van der Waals surface area contributed by atoms with Crippen molar-refractivity contribution in [2.75, 3.05) is 13.2 Å². The number of hydroxylamine groups is 1. The summed E-state index contributed by atoms with van der Waals surface area (Å²) in [5.74, 6) is 0.496. The molecule has 0 aliphatic heterocycles. The smallest absolute Gasteiger partial charge is 0.287 e. The summed E-state index contributed by atoms with van der Waals surface area (Å²) in [4.78, 5) is 12.5. The minimum atomic E-state index is -0.333. The van der Waals surface area contributed by atoms with E-state index in [4.69, 9.17) is 38.2 Å². The van der Waals surface area contributed by atoms with Gasteiger partial charge in [-0.25, -0.2) is 0 Å². The molecule has 0 atom stereocenters. The number of carbonyl (C=O) groups excluding carboxylic acids is 1. The molecule has 0 unspecified atom stereocenters. The number of amides is 1. The van der Waals surface area contributed by atoms with Crippen molar-refractivity contribution in [3.63, 3.8) is 0 Å². The summed E-state index contributed by atoms with van der Waals surface area (Å²) in [5, 5.41) is 12.8. The molecule has 0 saturated carbocycles. The lowest BCUT2D eigenvalue weighted by Gasteiger charge is -2.08. The number of hydrogen-bond donors (Lipinski definition) is 3. The summed E-state index contributed by atoms with van der Waals surface area (Å²) in [7, 11) is 0. The van der Waals surface area contributed by atoms with Crippen LogP contribution in [0.3, 0.4) is 0 Å².